The minimum atomic E-state index is -4.76. The Balaban J connectivity index is 1.80. The Labute approximate surface area is 193 Å². The molecule has 0 radical (unpaired) electrons. The highest BCUT2D eigenvalue weighted by Crippen LogP contribution is 2.34. The van der Waals surface area contributed by atoms with Crippen molar-refractivity contribution in [2.75, 3.05) is 11.9 Å². The van der Waals surface area contributed by atoms with E-state index in [1.807, 2.05) is 43.3 Å². The third-order valence-electron chi connectivity index (χ3n) is 4.98. The zero-order valence-electron chi connectivity index (χ0n) is 18.2. The van der Waals surface area contributed by atoms with Crippen molar-refractivity contribution in [3.63, 3.8) is 0 Å². The van der Waals surface area contributed by atoms with Gasteiger partial charge in [0.2, 0.25) is 0 Å². The minimum absolute atomic E-state index is 0.149. The SMILES string of the molecule is CCCNC(=O)c1nnc2c(-c3ccc(OC(F)(F)F)cc3)cccc2c1Nc1ccccc1. The van der Waals surface area contributed by atoms with Crippen molar-refractivity contribution >= 4 is 28.2 Å². The lowest BCUT2D eigenvalue weighted by atomic mass is 10.0. The van der Waals surface area contributed by atoms with Gasteiger partial charge in [0.05, 0.1) is 5.69 Å². The number of amides is 1. The van der Waals surface area contributed by atoms with E-state index < -0.39 is 6.36 Å². The van der Waals surface area contributed by atoms with Crippen molar-refractivity contribution in [2.45, 2.75) is 19.7 Å². The molecule has 0 unspecified atom stereocenters. The first-order valence-electron chi connectivity index (χ1n) is 10.6. The van der Waals surface area contributed by atoms with Crippen LogP contribution in [0.1, 0.15) is 23.8 Å². The lowest BCUT2D eigenvalue weighted by Gasteiger charge is -2.15. The van der Waals surface area contributed by atoms with E-state index in [1.54, 1.807) is 12.1 Å². The molecule has 0 saturated heterocycles. The summed E-state index contributed by atoms with van der Waals surface area (Å²) in [6.07, 6.45) is -3.99. The monoisotopic (exact) mass is 466 g/mol. The lowest BCUT2D eigenvalue weighted by Crippen LogP contribution is -2.26. The van der Waals surface area contributed by atoms with Crippen LogP contribution in [0.2, 0.25) is 0 Å². The second kappa shape index (κ2) is 9.78. The maximum absolute atomic E-state index is 12.8. The number of rotatable bonds is 7. The van der Waals surface area contributed by atoms with Crippen LogP contribution in [0.4, 0.5) is 24.5 Å². The molecule has 1 aromatic heterocycles. The molecule has 0 fully saturated rings. The quantitative estimate of drug-likeness (QED) is 0.345. The van der Waals surface area contributed by atoms with Gasteiger partial charge in [-0.1, -0.05) is 55.5 Å². The number of halogens is 3. The fourth-order valence-corrected chi connectivity index (χ4v) is 3.47. The third-order valence-corrected chi connectivity index (χ3v) is 4.98. The summed E-state index contributed by atoms with van der Waals surface area (Å²) in [4.78, 5) is 12.8. The van der Waals surface area contributed by atoms with Crippen LogP contribution >= 0.6 is 0 Å². The highest BCUT2D eigenvalue weighted by atomic mass is 19.4. The second-order valence-electron chi connectivity index (χ2n) is 7.44. The van der Waals surface area contributed by atoms with Crippen LogP contribution in [-0.2, 0) is 0 Å². The Morgan fingerprint density at radius 2 is 1.68 bits per heavy atom. The molecule has 4 aromatic rings. The number of ether oxygens (including phenoxy) is 1. The van der Waals surface area contributed by atoms with Gasteiger partial charge >= 0.3 is 6.36 Å². The summed E-state index contributed by atoms with van der Waals surface area (Å²) in [5.41, 5.74) is 3.18. The molecule has 2 N–H and O–H groups in total. The summed E-state index contributed by atoms with van der Waals surface area (Å²) in [5.74, 6) is -0.669. The fourth-order valence-electron chi connectivity index (χ4n) is 3.47. The number of hydrogen-bond donors (Lipinski definition) is 2. The predicted molar refractivity (Wildman–Crippen MR) is 124 cm³/mol. The molecule has 34 heavy (non-hydrogen) atoms. The molecule has 0 aliphatic heterocycles. The molecule has 0 aliphatic rings. The predicted octanol–water partition coefficient (Wildman–Crippen LogP) is 6.08. The maximum Gasteiger partial charge on any atom is 0.573 e. The van der Waals surface area contributed by atoms with Gasteiger partial charge in [0.25, 0.3) is 5.91 Å². The first kappa shape index (κ1) is 23.0. The molecule has 6 nitrogen and oxygen atoms in total. The number of nitrogens with zero attached hydrogens (tertiary/aromatic N) is 2. The highest BCUT2D eigenvalue weighted by molar-refractivity contribution is 6.09. The van der Waals surface area contributed by atoms with E-state index in [4.69, 9.17) is 0 Å². The van der Waals surface area contributed by atoms with E-state index in [1.165, 1.54) is 24.3 Å². The van der Waals surface area contributed by atoms with Crippen LogP contribution < -0.4 is 15.4 Å². The molecule has 3 aromatic carbocycles. The largest absolute Gasteiger partial charge is 0.573 e. The number of nitrogens with one attached hydrogen (secondary N) is 2. The summed E-state index contributed by atoms with van der Waals surface area (Å²) in [6, 6.07) is 20.3. The topological polar surface area (TPSA) is 76.1 Å². The van der Waals surface area contributed by atoms with Crippen molar-refractivity contribution in [1.82, 2.24) is 15.5 Å². The molecule has 0 saturated carbocycles. The van der Waals surface area contributed by atoms with Gasteiger partial charge in [-0.2, -0.15) is 0 Å². The smallest absolute Gasteiger partial charge is 0.406 e. The summed E-state index contributed by atoms with van der Waals surface area (Å²) in [5, 5.41) is 15.3. The Hall–Kier alpha value is -4.14. The fraction of sp³-hybridized carbons (Fsp3) is 0.160. The van der Waals surface area contributed by atoms with E-state index in [0.29, 0.717) is 34.3 Å². The Morgan fingerprint density at radius 1 is 0.941 bits per heavy atom. The molecule has 4 rings (SSSR count). The number of alkyl halides is 3. The van der Waals surface area contributed by atoms with Gasteiger partial charge in [0.1, 0.15) is 11.3 Å². The summed E-state index contributed by atoms with van der Waals surface area (Å²) in [6.45, 7) is 2.45. The van der Waals surface area contributed by atoms with Crippen LogP contribution in [0.15, 0.2) is 72.8 Å². The van der Waals surface area contributed by atoms with Gasteiger partial charge in [-0.25, -0.2) is 0 Å². The number of carbonyl (C=O) groups excluding carboxylic acids is 1. The average molecular weight is 466 g/mol. The van der Waals surface area contributed by atoms with E-state index in [9.17, 15) is 18.0 Å². The average Bonchev–Trinajstić information content (AvgIpc) is 2.82. The zero-order chi connectivity index (χ0) is 24.1. The minimum Gasteiger partial charge on any atom is -0.406 e. The number of benzene rings is 3. The summed E-state index contributed by atoms with van der Waals surface area (Å²) < 4.78 is 41.4. The van der Waals surface area contributed by atoms with Crippen LogP contribution in [0.5, 0.6) is 5.75 Å². The maximum atomic E-state index is 12.8. The molecule has 0 spiro atoms. The van der Waals surface area contributed by atoms with Gasteiger partial charge in [0, 0.05) is 23.2 Å². The normalized spacial score (nSPS) is 11.3. The van der Waals surface area contributed by atoms with Crippen LogP contribution in [-0.4, -0.2) is 29.0 Å². The molecule has 9 heteroatoms. The van der Waals surface area contributed by atoms with Gasteiger partial charge in [-0.3, -0.25) is 4.79 Å². The standard InChI is InChI=1S/C25H21F3N4O2/c1-2-15-29-24(33)23-22(30-17-7-4-3-5-8-17)20-10-6-9-19(21(20)31-32-23)16-11-13-18(14-12-16)34-25(26,27)28/h3-14H,2,15H2,1H3,(H,29,33)(H,30,31). The summed E-state index contributed by atoms with van der Waals surface area (Å²) >= 11 is 0. The van der Waals surface area contributed by atoms with E-state index in [2.05, 4.69) is 25.6 Å². The van der Waals surface area contributed by atoms with Crippen molar-refractivity contribution in [1.29, 1.82) is 0 Å². The molecule has 1 heterocycles. The number of aromatic nitrogens is 2. The van der Waals surface area contributed by atoms with Gasteiger partial charge in [0.15, 0.2) is 5.69 Å². The Kier molecular flexibility index (Phi) is 6.62. The first-order chi connectivity index (χ1) is 16.4. The van der Waals surface area contributed by atoms with Crippen molar-refractivity contribution < 1.29 is 22.7 Å². The lowest BCUT2D eigenvalue weighted by molar-refractivity contribution is -0.274. The molecular weight excluding hydrogens is 445 g/mol. The van der Waals surface area contributed by atoms with Gasteiger partial charge in [-0.05, 0) is 36.2 Å². The van der Waals surface area contributed by atoms with Crippen molar-refractivity contribution in [3.05, 3.63) is 78.5 Å². The number of anilines is 2. The van der Waals surface area contributed by atoms with Crippen molar-refractivity contribution in [3.8, 4) is 16.9 Å². The van der Waals surface area contributed by atoms with E-state index in [-0.39, 0.29) is 17.4 Å². The summed E-state index contributed by atoms with van der Waals surface area (Å²) in [7, 11) is 0. The number of carbonyl (C=O) groups is 1. The molecular formula is C25H21F3N4O2. The second-order valence-corrected chi connectivity index (χ2v) is 7.44. The number of fused-ring (bicyclic) bond motifs is 1. The van der Waals surface area contributed by atoms with Gasteiger partial charge in [-0.15, -0.1) is 23.4 Å². The first-order valence-corrected chi connectivity index (χ1v) is 10.6. The Morgan fingerprint density at radius 3 is 2.35 bits per heavy atom. The molecule has 0 atom stereocenters. The van der Waals surface area contributed by atoms with Crippen LogP contribution in [0, 0.1) is 0 Å². The van der Waals surface area contributed by atoms with Crippen LogP contribution in [0.3, 0.4) is 0 Å². The number of para-hydroxylation sites is 1. The van der Waals surface area contributed by atoms with Crippen LogP contribution in [0.25, 0.3) is 22.0 Å². The number of hydrogen-bond acceptors (Lipinski definition) is 5. The molecule has 0 aliphatic carbocycles. The van der Waals surface area contributed by atoms with Crippen molar-refractivity contribution in [2.24, 2.45) is 0 Å². The van der Waals surface area contributed by atoms with E-state index in [0.717, 1.165) is 12.1 Å². The molecule has 0 bridgehead atoms. The third kappa shape index (κ3) is 5.25. The van der Waals surface area contributed by atoms with E-state index >= 15 is 0 Å². The molecule has 174 valence electrons. The molecule has 1 amide bonds. The highest BCUT2D eigenvalue weighted by Gasteiger charge is 2.31. The van der Waals surface area contributed by atoms with Gasteiger partial charge < -0.3 is 15.4 Å². The zero-order valence-corrected chi connectivity index (χ0v) is 18.2. The Bertz CT molecular complexity index is 1290.